The fraction of sp³-hybridized carbons (Fsp3) is 0.300. The minimum absolute atomic E-state index is 0. The molecule has 2 N–H and O–H groups in total. The quantitative estimate of drug-likeness (QED) is 0.577. The van der Waals surface area contributed by atoms with Crippen molar-refractivity contribution in [2.75, 3.05) is 0 Å². The summed E-state index contributed by atoms with van der Waals surface area (Å²) in [5.74, 6) is 0.122. The molecule has 0 atom stereocenters. The molecule has 0 saturated heterocycles. The molecule has 0 aromatic heterocycles. The average molecular weight is 385 g/mol. The van der Waals surface area contributed by atoms with Crippen molar-refractivity contribution >= 4 is 11.6 Å². The van der Waals surface area contributed by atoms with Crippen molar-refractivity contribution in [2.24, 2.45) is 0 Å². The summed E-state index contributed by atoms with van der Waals surface area (Å²) in [6.07, 6.45) is 17.5. The largest absolute Gasteiger partial charge is 0.388 e. The zero-order valence-electron chi connectivity index (χ0n) is 15.1. The molecule has 0 amide bonds. The van der Waals surface area contributed by atoms with Gasteiger partial charge in [0.15, 0.2) is 11.6 Å². The van der Waals surface area contributed by atoms with Crippen LogP contribution in [0.3, 0.4) is 0 Å². The van der Waals surface area contributed by atoms with Gasteiger partial charge in [-0.15, -0.1) is 0 Å². The predicted octanol–water partition coefficient (Wildman–Crippen LogP) is 3.12. The maximum Gasteiger partial charge on any atom is 0.187 e. The van der Waals surface area contributed by atoms with Gasteiger partial charge in [-0.2, -0.15) is 0 Å². The Morgan fingerprint density at radius 3 is 1.28 bits per heavy atom. The molecule has 0 bridgehead atoms. The molecule has 2 aliphatic rings. The van der Waals surface area contributed by atoms with Crippen molar-refractivity contribution in [3.63, 3.8) is 0 Å². The number of hydrogen-bond donors (Lipinski definition) is 2. The van der Waals surface area contributed by atoms with E-state index in [4.69, 9.17) is 0 Å². The van der Waals surface area contributed by atoms with Crippen LogP contribution in [0.4, 0.5) is 0 Å². The van der Waals surface area contributed by atoms with Gasteiger partial charge in [-0.05, 0) is 52.0 Å². The third kappa shape index (κ3) is 9.68. The molecule has 2 aliphatic carbocycles. The number of ketones is 2. The first kappa shape index (κ1) is 22.9. The van der Waals surface area contributed by atoms with Gasteiger partial charge in [0.2, 0.25) is 0 Å². The van der Waals surface area contributed by atoms with E-state index in [0.29, 0.717) is 23.2 Å². The molecule has 0 radical (unpaired) electrons. The normalized spacial score (nSPS) is 18.5. The van der Waals surface area contributed by atoms with E-state index < -0.39 is 0 Å². The fourth-order valence-electron chi connectivity index (χ4n) is 1.71. The van der Waals surface area contributed by atoms with Crippen LogP contribution in [0, 0.1) is 0 Å². The van der Waals surface area contributed by atoms with E-state index in [0.717, 1.165) is 0 Å². The molecule has 0 unspecified atom stereocenters. The molecule has 138 valence electrons. The Morgan fingerprint density at radius 1 is 0.680 bits per heavy atom. The maximum absolute atomic E-state index is 11.2. The summed E-state index contributed by atoms with van der Waals surface area (Å²) in [5.41, 5.74) is 1.43. The zero-order chi connectivity index (χ0) is 17.9. The van der Waals surface area contributed by atoms with Gasteiger partial charge in [-0.3, -0.25) is 9.59 Å². The van der Waals surface area contributed by atoms with Gasteiger partial charge in [-0.25, -0.2) is 0 Å². The van der Waals surface area contributed by atoms with E-state index in [-0.39, 0.29) is 28.1 Å². The van der Waals surface area contributed by atoms with Gasteiger partial charge in [0, 0.05) is 52.1 Å². The molecule has 25 heavy (non-hydrogen) atoms. The van der Waals surface area contributed by atoms with E-state index >= 15 is 0 Å². The van der Waals surface area contributed by atoms with Crippen LogP contribution in [-0.2, 0) is 26.1 Å². The van der Waals surface area contributed by atoms with Crippen LogP contribution in [0.25, 0.3) is 0 Å². The Kier molecular flexibility index (Phi) is 11.2. The summed E-state index contributed by atoms with van der Waals surface area (Å²) in [4.78, 5) is 22.3. The standard InChI is InChI=1S/2C10H13NO.Ni/c2*1-8(2)11-7-9-5-3-4-6-10(9)12;/h2*3-8,11H,1-2H3;/b2*9-7-;. The molecular formula is C20H26N2NiO2. The van der Waals surface area contributed by atoms with Gasteiger partial charge in [0.05, 0.1) is 0 Å². The van der Waals surface area contributed by atoms with Crippen LogP contribution < -0.4 is 10.6 Å². The average Bonchev–Trinajstić information content (AvgIpc) is 2.54. The third-order valence-electron chi connectivity index (χ3n) is 2.98. The summed E-state index contributed by atoms with van der Waals surface area (Å²) < 4.78 is 0. The molecule has 0 fully saturated rings. The Hall–Kier alpha value is -2.13. The number of rotatable bonds is 4. The van der Waals surface area contributed by atoms with Crippen molar-refractivity contribution in [3.8, 4) is 0 Å². The first-order valence-corrected chi connectivity index (χ1v) is 8.10. The SMILES string of the molecule is CC(C)N/C=C1/C=CC=CC1=O.CC(C)N/C=C1/C=CC=CC1=O.[Ni]. The third-order valence-corrected chi connectivity index (χ3v) is 2.98. The van der Waals surface area contributed by atoms with E-state index in [9.17, 15) is 9.59 Å². The first-order chi connectivity index (χ1) is 11.4. The molecule has 0 aliphatic heterocycles. The van der Waals surface area contributed by atoms with E-state index in [2.05, 4.69) is 10.6 Å². The Labute approximate surface area is 160 Å². The molecule has 0 aromatic carbocycles. The Balaban J connectivity index is 0.000000443. The summed E-state index contributed by atoms with van der Waals surface area (Å²) in [5, 5.41) is 6.16. The number of carbonyl (C=O) groups is 2. The van der Waals surface area contributed by atoms with Crippen molar-refractivity contribution in [1.29, 1.82) is 0 Å². The minimum Gasteiger partial charge on any atom is -0.388 e. The Morgan fingerprint density at radius 2 is 1.00 bits per heavy atom. The topological polar surface area (TPSA) is 58.2 Å². The number of nitrogens with one attached hydrogen (secondary N) is 2. The van der Waals surface area contributed by atoms with Gasteiger partial charge >= 0.3 is 0 Å². The predicted molar refractivity (Wildman–Crippen MR) is 99.3 cm³/mol. The Bertz CT molecular complexity index is 580. The zero-order valence-corrected chi connectivity index (χ0v) is 16.0. The summed E-state index contributed by atoms with van der Waals surface area (Å²) in [7, 11) is 0. The summed E-state index contributed by atoms with van der Waals surface area (Å²) in [6, 6.07) is 0.731. The van der Waals surface area contributed by atoms with E-state index in [1.165, 1.54) is 0 Å². The second-order valence-corrected chi connectivity index (χ2v) is 6.01. The molecule has 2 rings (SSSR count). The molecule has 4 nitrogen and oxygen atoms in total. The van der Waals surface area contributed by atoms with E-state index in [1.54, 1.807) is 48.9 Å². The van der Waals surface area contributed by atoms with Gasteiger partial charge in [0.1, 0.15) is 0 Å². The van der Waals surface area contributed by atoms with Crippen LogP contribution in [0.5, 0.6) is 0 Å². The molecule has 0 aromatic rings. The second-order valence-electron chi connectivity index (χ2n) is 6.01. The number of hydrogen-bond acceptors (Lipinski definition) is 4. The first-order valence-electron chi connectivity index (χ1n) is 8.10. The van der Waals surface area contributed by atoms with E-state index in [1.807, 2.05) is 39.8 Å². The van der Waals surface area contributed by atoms with Crippen LogP contribution in [0.15, 0.2) is 72.2 Å². The van der Waals surface area contributed by atoms with Crippen molar-refractivity contribution in [2.45, 2.75) is 39.8 Å². The van der Waals surface area contributed by atoms with Crippen molar-refractivity contribution in [3.05, 3.63) is 72.2 Å². The van der Waals surface area contributed by atoms with Gasteiger partial charge < -0.3 is 10.6 Å². The van der Waals surface area contributed by atoms with Gasteiger partial charge in [-0.1, -0.05) is 24.3 Å². The van der Waals surface area contributed by atoms with Gasteiger partial charge in [0.25, 0.3) is 0 Å². The monoisotopic (exact) mass is 384 g/mol. The van der Waals surface area contributed by atoms with Crippen LogP contribution in [0.1, 0.15) is 27.7 Å². The molecule has 0 heterocycles. The molecule has 0 saturated carbocycles. The molecule has 0 spiro atoms. The molecular weight excluding hydrogens is 359 g/mol. The fourth-order valence-corrected chi connectivity index (χ4v) is 1.71. The summed E-state index contributed by atoms with van der Waals surface area (Å²) in [6.45, 7) is 8.13. The van der Waals surface area contributed by atoms with Crippen molar-refractivity contribution in [1.82, 2.24) is 10.6 Å². The smallest absolute Gasteiger partial charge is 0.187 e. The number of allylic oxidation sites excluding steroid dienone is 10. The van der Waals surface area contributed by atoms with Crippen LogP contribution in [0.2, 0.25) is 0 Å². The summed E-state index contributed by atoms with van der Waals surface area (Å²) >= 11 is 0. The minimum atomic E-state index is 0. The van der Waals surface area contributed by atoms with Crippen molar-refractivity contribution < 1.29 is 26.1 Å². The molecule has 5 heteroatoms. The van der Waals surface area contributed by atoms with Crippen LogP contribution >= 0.6 is 0 Å². The second kappa shape index (κ2) is 12.3. The maximum atomic E-state index is 11.2. The number of carbonyl (C=O) groups excluding carboxylic acids is 2. The van der Waals surface area contributed by atoms with Crippen LogP contribution in [-0.4, -0.2) is 23.7 Å².